The summed E-state index contributed by atoms with van der Waals surface area (Å²) in [4.78, 5) is 53.5. The van der Waals surface area contributed by atoms with Crippen molar-refractivity contribution in [1.29, 1.82) is 0 Å². The van der Waals surface area contributed by atoms with Gasteiger partial charge in [0.15, 0.2) is 0 Å². The molecular formula is C30H49N5O6. The topological polar surface area (TPSA) is 166 Å². The van der Waals surface area contributed by atoms with Crippen molar-refractivity contribution in [2.75, 3.05) is 13.2 Å². The smallest absolute Gasteiger partial charge is 0.315 e. The van der Waals surface area contributed by atoms with Gasteiger partial charge in [-0.05, 0) is 47.8 Å². The number of carbonyl (C=O) groups is 4. The summed E-state index contributed by atoms with van der Waals surface area (Å²) in [6.45, 7) is 10.7. The summed E-state index contributed by atoms with van der Waals surface area (Å²) in [5.41, 5.74) is 4.17. The molecule has 5 fully saturated rings. The van der Waals surface area contributed by atoms with Gasteiger partial charge in [0.25, 0.3) is 5.91 Å². The molecule has 0 spiro atoms. The highest BCUT2D eigenvalue weighted by atomic mass is 16.6. The van der Waals surface area contributed by atoms with Crippen LogP contribution < -0.4 is 21.7 Å². The maximum Gasteiger partial charge on any atom is 0.315 e. The summed E-state index contributed by atoms with van der Waals surface area (Å²) in [6, 6.07) is -2.11. The maximum absolute atomic E-state index is 14.2. The summed E-state index contributed by atoms with van der Waals surface area (Å²) in [6.07, 6.45) is 6.27. The Hall–Kier alpha value is -2.24. The van der Waals surface area contributed by atoms with Crippen LogP contribution in [0.3, 0.4) is 0 Å². The number of rotatable bonds is 11. The Bertz CT molecular complexity index is 1060. The van der Waals surface area contributed by atoms with Crippen LogP contribution in [0.15, 0.2) is 0 Å². The summed E-state index contributed by atoms with van der Waals surface area (Å²) >= 11 is 0. The first-order valence-electron chi connectivity index (χ1n) is 15.4. The number of epoxide rings is 1. The van der Waals surface area contributed by atoms with E-state index < -0.39 is 47.0 Å². The normalized spacial score (nSPS) is 32.8. The summed E-state index contributed by atoms with van der Waals surface area (Å²) in [7, 11) is 0. The number of amides is 4. The van der Waals surface area contributed by atoms with Crippen LogP contribution in [0.2, 0.25) is 0 Å². The lowest BCUT2D eigenvalue weighted by molar-refractivity contribution is -0.138. The Morgan fingerprint density at radius 3 is 2.32 bits per heavy atom. The van der Waals surface area contributed by atoms with Crippen molar-refractivity contribution in [2.24, 2.45) is 34.3 Å². The van der Waals surface area contributed by atoms with E-state index in [-0.39, 0.29) is 36.0 Å². The second kappa shape index (κ2) is 10.8. The number of carbonyl (C=O) groups excluding carboxylic acids is 4. The van der Waals surface area contributed by atoms with Crippen LogP contribution in [0.4, 0.5) is 4.79 Å². The van der Waals surface area contributed by atoms with Crippen LogP contribution in [0, 0.1) is 28.6 Å². The zero-order valence-electron chi connectivity index (χ0n) is 25.2. The highest BCUT2D eigenvalue weighted by Crippen LogP contribution is 2.66. The lowest BCUT2D eigenvalue weighted by Gasteiger charge is -2.40. The molecule has 2 saturated heterocycles. The third-order valence-electron chi connectivity index (χ3n) is 10.5. The number of nitrogens with zero attached hydrogens (tertiary/aromatic N) is 1. The quantitative estimate of drug-likeness (QED) is 0.183. The second-order valence-corrected chi connectivity index (χ2v) is 15.0. The first kappa shape index (κ1) is 30.2. The number of nitrogens with two attached hydrogens (primary N) is 1. The van der Waals surface area contributed by atoms with Crippen LogP contribution in [-0.2, 0) is 19.1 Å². The molecule has 0 aromatic carbocycles. The molecule has 230 valence electrons. The minimum Gasteiger partial charge on any atom is -0.394 e. The van der Waals surface area contributed by atoms with Crippen molar-refractivity contribution in [2.45, 2.75) is 122 Å². The SMILES string of the molecule is CC(C)(C)[C@H](NC(=O)NC1(CO)CCCCC1)C(=O)N1C[C@H]2[C@@H](C1C1OC1NC(CC1CC1)C(=O)C(N)=O)C2(C)C. The van der Waals surface area contributed by atoms with E-state index in [0.29, 0.717) is 37.6 Å². The molecule has 4 amide bonds. The van der Waals surface area contributed by atoms with E-state index in [1.807, 2.05) is 25.7 Å². The predicted octanol–water partition coefficient (Wildman–Crippen LogP) is 1.42. The third-order valence-corrected chi connectivity index (χ3v) is 10.5. The van der Waals surface area contributed by atoms with Gasteiger partial charge in [0, 0.05) is 6.54 Å². The van der Waals surface area contributed by atoms with Crippen molar-refractivity contribution in [3.8, 4) is 0 Å². The molecule has 3 aliphatic carbocycles. The van der Waals surface area contributed by atoms with Crippen LogP contribution in [0.5, 0.6) is 0 Å². The Morgan fingerprint density at radius 1 is 1.10 bits per heavy atom. The number of nitrogens with one attached hydrogen (secondary N) is 3. The van der Waals surface area contributed by atoms with E-state index in [2.05, 4.69) is 29.8 Å². The Morgan fingerprint density at radius 2 is 1.76 bits per heavy atom. The van der Waals surface area contributed by atoms with Gasteiger partial charge < -0.3 is 31.1 Å². The molecule has 2 heterocycles. The molecule has 3 saturated carbocycles. The largest absolute Gasteiger partial charge is 0.394 e. The maximum atomic E-state index is 14.2. The number of aliphatic hydroxyl groups excluding tert-OH is 1. The molecule has 11 heteroatoms. The first-order valence-corrected chi connectivity index (χ1v) is 15.4. The van der Waals surface area contributed by atoms with Crippen molar-refractivity contribution in [3.63, 3.8) is 0 Å². The molecule has 41 heavy (non-hydrogen) atoms. The van der Waals surface area contributed by atoms with Crippen LogP contribution >= 0.6 is 0 Å². The van der Waals surface area contributed by atoms with Crippen molar-refractivity contribution in [3.05, 3.63) is 0 Å². The molecule has 5 rings (SSSR count). The zero-order valence-corrected chi connectivity index (χ0v) is 25.2. The van der Waals surface area contributed by atoms with Crippen molar-refractivity contribution >= 4 is 23.6 Å². The Kier molecular flexibility index (Phi) is 7.96. The molecule has 2 aliphatic heterocycles. The van der Waals surface area contributed by atoms with E-state index in [4.69, 9.17) is 10.5 Å². The van der Waals surface area contributed by atoms with Crippen LogP contribution in [-0.4, -0.2) is 82.8 Å². The molecule has 0 bridgehead atoms. The minimum atomic E-state index is -0.949. The number of likely N-dealkylation sites (tertiary alicyclic amines) is 1. The molecule has 4 unspecified atom stereocenters. The van der Waals surface area contributed by atoms with Gasteiger partial charge in [-0.25, -0.2) is 4.79 Å². The van der Waals surface area contributed by atoms with E-state index in [0.717, 1.165) is 32.1 Å². The van der Waals surface area contributed by atoms with Gasteiger partial charge in [-0.1, -0.05) is 66.7 Å². The average Bonchev–Trinajstić information content (AvgIpc) is 3.86. The van der Waals surface area contributed by atoms with Gasteiger partial charge in [-0.15, -0.1) is 0 Å². The highest BCUT2D eigenvalue weighted by Gasteiger charge is 2.72. The second-order valence-electron chi connectivity index (χ2n) is 15.0. The summed E-state index contributed by atoms with van der Waals surface area (Å²) in [5.74, 6) is -0.754. The fourth-order valence-electron chi connectivity index (χ4n) is 7.56. The van der Waals surface area contributed by atoms with Gasteiger partial charge in [-0.2, -0.15) is 0 Å². The number of urea groups is 1. The molecular weight excluding hydrogens is 526 g/mol. The predicted molar refractivity (Wildman–Crippen MR) is 151 cm³/mol. The number of primary amides is 1. The zero-order chi connectivity index (χ0) is 29.9. The van der Waals surface area contributed by atoms with E-state index in [1.165, 1.54) is 0 Å². The van der Waals surface area contributed by atoms with Crippen LogP contribution in [0.25, 0.3) is 0 Å². The van der Waals surface area contributed by atoms with Crippen molar-refractivity contribution in [1.82, 2.24) is 20.9 Å². The molecule has 7 atom stereocenters. The number of Topliss-reactive ketones (excluding diaryl/α,β-unsaturated/α-hetero) is 1. The Balaban J connectivity index is 1.29. The number of ether oxygens (including phenoxy) is 1. The van der Waals surface area contributed by atoms with Gasteiger partial charge >= 0.3 is 6.03 Å². The number of hydrogen-bond donors (Lipinski definition) is 5. The number of fused-ring (bicyclic) bond motifs is 1. The van der Waals surface area contributed by atoms with Crippen molar-refractivity contribution < 1.29 is 29.0 Å². The highest BCUT2D eigenvalue weighted by molar-refractivity contribution is 6.37. The first-order chi connectivity index (χ1) is 19.2. The molecule has 11 nitrogen and oxygen atoms in total. The lowest BCUT2D eigenvalue weighted by atomic mass is 9.82. The number of piperidine rings is 1. The average molecular weight is 576 g/mol. The monoisotopic (exact) mass is 575 g/mol. The van der Waals surface area contributed by atoms with Gasteiger partial charge in [0.05, 0.1) is 24.2 Å². The van der Waals surface area contributed by atoms with Gasteiger partial charge in [0.1, 0.15) is 18.4 Å². The van der Waals surface area contributed by atoms with E-state index in [1.54, 1.807) is 0 Å². The fourth-order valence-corrected chi connectivity index (χ4v) is 7.56. The van der Waals surface area contributed by atoms with E-state index in [9.17, 15) is 24.3 Å². The standard InChI is InChI=1S/C30H49N5O6/c1-28(2,3)23(33-27(40)34-30(15-36)11-7-6-8-12-30)26(39)35-14-17-19(29(17,4)5)20(35)22-25(41-22)32-18(13-16-9-10-16)21(37)24(31)38/h16-20,22-23,25,32,36H,6-15H2,1-5H3,(H2,31,38)(H2,33,34,40)/t17-,18?,19-,20?,22?,23+,25?/m0/s1. The fraction of sp³-hybridized carbons (Fsp3) is 0.867. The summed E-state index contributed by atoms with van der Waals surface area (Å²) in [5, 5.41) is 19.3. The molecule has 0 aromatic rings. The van der Waals surface area contributed by atoms with E-state index >= 15 is 0 Å². The van der Waals surface area contributed by atoms with Gasteiger partial charge in [0.2, 0.25) is 11.7 Å². The number of aliphatic hydroxyl groups is 1. The third kappa shape index (κ3) is 6.13. The lowest BCUT2D eigenvalue weighted by Crippen LogP contribution is -2.62. The molecule has 5 aliphatic rings. The Labute approximate surface area is 243 Å². The number of ketones is 1. The molecule has 0 radical (unpaired) electrons. The molecule has 0 aromatic heterocycles. The number of hydrogen-bond acceptors (Lipinski definition) is 7. The molecule has 6 N–H and O–H groups in total. The minimum absolute atomic E-state index is 0.0604. The summed E-state index contributed by atoms with van der Waals surface area (Å²) < 4.78 is 6.07. The van der Waals surface area contributed by atoms with Crippen LogP contribution in [0.1, 0.15) is 86.0 Å². The van der Waals surface area contributed by atoms with Gasteiger partial charge in [-0.3, -0.25) is 19.7 Å².